The minimum Gasteiger partial charge on any atom is -0.462 e. The quantitative estimate of drug-likeness (QED) is 0.0156. The van der Waals surface area contributed by atoms with Gasteiger partial charge in [-0.1, -0.05) is 143 Å². The molecule has 11 heteroatoms. The van der Waals surface area contributed by atoms with E-state index in [-0.39, 0.29) is 26.1 Å². The predicted octanol–water partition coefficient (Wildman–Crippen LogP) is 11.5. The largest absolute Gasteiger partial charge is 0.472 e. The fourth-order valence-corrected chi connectivity index (χ4v) is 5.95. The van der Waals surface area contributed by atoms with E-state index < -0.39 is 38.6 Å². The number of phosphoric acid groups is 1. The number of hydrogen-bond donors (Lipinski definition) is 2. The van der Waals surface area contributed by atoms with E-state index in [1.165, 1.54) is 25.7 Å². The Morgan fingerprint density at radius 1 is 0.627 bits per heavy atom. The van der Waals surface area contributed by atoms with Crippen molar-refractivity contribution in [2.75, 3.05) is 47.5 Å². The molecule has 3 atom stereocenters. The number of carbonyl (C=O) groups excluding carboxylic acids is 2. The van der Waals surface area contributed by atoms with Crippen molar-refractivity contribution in [2.45, 2.75) is 148 Å². The molecule has 0 heterocycles. The third kappa shape index (κ3) is 42.8. The molecule has 0 aromatic rings. The van der Waals surface area contributed by atoms with E-state index in [4.69, 9.17) is 18.5 Å². The van der Waals surface area contributed by atoms with Crippen LogP contribution in [0.3, 0.4) is 0 Å². The third-order valence-electron chi connectivity index (χ3n) is 8.69. The number of likely N-dealkylation sites (N-methyl/N-ethyl adjacent to an activating group) is 1. The van der Waals surface area contributed by atoms with Crippen LogP contribution < -0.4 is 0 Å². The van der Waals surface area contributed by atoms with Crippen LogP contribution >= 0.6 is 7.82 Å². The first-order valence-electron chi connectivity index (χ1n) is 22.1. The van der Waals surface area contributed by atoms with E-state index in [1.807, 2.05) is 63.7 Å². The van der Waals surface area contributed by atoms with Gasteiger partial charge >= 0.3 is 19.8 Å². The topological polar surface area (TPSA) is 129 Å². The number of carbonyl (C=O) groups is 2. The molecular formula is C48H81NO9P+. The van der Waals surface area contributed by atoms with Gasteiger partial charge in [0.1, 0.15) is 19.8 Å². The number of rotatable bonds is 38. The molecule has 0 saturated carbocycles. The molecule has 0 aliphatic heterocycles. The molecule has 0 saturated heterocycles. The van der Waals surface area contributed by atoms with E-state index in [2.05, 4.69) is 62.5 Å². The Labute approximate surface area is 358 Å². The van der Waals surface area contributed by atoms with Crippen molar-refractivity contribution in [3.63, 3.8) is 0 Å². The zero-order valence-electron chi connectivity index (χ0n) is 37.3. The van der Waals surface area contributed by atoms with Gasteiger partial charge in [0.25, 0.3) is 0 Å². The Kier molecular flexibility index (Phi) is 37.0. The SMILES string of the molecule is CC/C=C\CC(O)/C=C/C=C/C/C=C\C/C=C\C/C=C\CCC(=O)O[C@H](COC(=O)CCCCCCC/C=C\C/C=C\CCCCC)COP(=O)(O)OCC[N+](C)(C)C. The maximum absolute atomic E-state index is 12.7. The highest BCUT2D eigenvalue weighted by atomic mass is 31.2. The minimum atomic E-state index is -4.41. The van der Waals surface area contributed by atoms with Crippen molar-refractivity contribution in [1.82, 2.24) is 0 Å². The van der Waals surface area contributed by atoms with Crippen molar-refractivity contribution in [2.24, 2.45) is 0 Å². The molecule has 0 radical (unpaired) electrons. The first-order chi connectivity index (χ1) is 28.4. The van der Waals surface area contributed by atoms with Gasteiger partial charge in [-0.15, -0.1) is 0 Å². The molecule has 336 valence electrons. The Balaban J connectivity index is 4.57. The van der Waals surface area contributed by atoms with Crippen molar-refractivity contribution < 1.29 is 47.2 Å². The number of quaternary nitrogens is 1. The summed E-state index contributed by atoms with van der Waals surface area (Å²) in [5.41, 5.74) is 0. The Morgan fingerprint density at radius 3 is 1.83 bits per heavy atom. The standard InChI is InChI=1S/C48H80NO9P/c1-6-8-10-11-12-13-14-15-16-19-22-25-28-31-35-39-47(51)55-43-46(44-57-59(53,54)56-42-41-49(3,4)5)58-48(52)40-36-32-29-26-23-20-17-18-21-24-27-30-34-38-45(50)37-33-9-7-2/h9,12-13,15-16,18,20-21,23,27,29-30,32-34,38,45-46,50H,6-8,10-11,14,17,19,22,24-26,28,31,35-37,39-44H2,1-5H3/p+1/b13-12-,16-15-,21-18-,23-20-,30-27+,32-29-,33-9-,38-34+/t45?,46-/m1/s1. The normalized spacial score (nSPS) is 15.0. The van der Waals surface area contributed by atoms with Crippen LogP contribution in [0, 0.1) is 0 Å². The molecule has 0 amide bonds. The van der Waals surface area contributed by atoms with Gasteiger partial charge in [0.05, 0.1) is 33.9 Å². The van der Waals surface area contributed by atoms with E-state index >= 15 is 0 Å². The summed E-state index contributed by atoms with van der Waals surface area (Å²) < 4.78 is 34.2. The molecule has 10 nitrogen and oxygen atoms in total. The van der Waals surface area contributed by atoms with Gasteiger partial charge < -0.3 is 24.0 Å². The van der Waals surface area contributed by atoms with Gasteiger partial charge in [0, 0.05) is 12.8 Å². The zero-order valence-corrected chi connectivity index (χ0v) is 38.2. The molecule has 59 heavy (non-hydrogen) atoms. The van der Waals surface area contributed by atoms with Crippen LogP contribution in [0.25, 0.3) is 0 Å². The van der Waals surface area contributed by atoms with Crippen LogP contribution in [-0.2, 0) is 32.7 Å². The van der Waals surface area contributed by atoms with Crippen molar-refractivity contribution in [1.29, 1.82) is 0 Å². The lowest BCUT2D eigenvalue weighted by atomic mass is 10.1. The number of allylic oxidation sites excluding steroid dienone is 14. The summed E-state index contributed by atoms with van der Waals surface area (Å²) in [5, 5.41) is 9.85. The minimum absolute atomic E-state index is 0.00307. The third-order valence-corrected chi connectivity index (χ3v) is 9.68. The molecule has 0 aliphatic carbocycles. The fourth-order valence-electron chi connectivity index (χ4n) is 5.21. The number of aliphatic hydroxyl groups is 1. The first-order valence-corrected chi connectivity index (χ1v) is 23.6. The number of nitrogens with zero attached hydrogens (tertiary/aromatic N) is 1. The first kappa shape index (κ1) is 55.9. The van der Waals surface area contributed by atoms with Crippen LogP contribution in [0.4, 0.5) is 0 Å². The Hall–Kier alpha value is -3.11. The second-order valence-electron chi connectivity index (χ2n) is 15.5. The van der Waals surface area contributed by atoms with Gasteiger partial charge in [0.15, 0.2) is 6.10 Å². The van der Waals surface area contributed by atoms with Crippen molar-refractivity contribution >= 4 is 19.8 Å². The second kappa shape index (κ2) is 39.1. The van der Waals surface area contributed by atoms with Crippen LogP contribution in [0.5, 0.6) is 0 Å². The van der Waals surface area contributed by atoms with E-state index in [9.17, 15) is 24.2 Å². The highest BCUT2D eigenvalue weighted by molar-refractivity contribution is 7.47. The summed E-state index contributed by atoms with van der Waals surface area (Å²) in [6, 6.07) is 0. The van der Waals surface area contributed by atoms with Gasteiger partial charge in [-0.2, -0.15) is 0 Å². The summed E-state index contributed by atoms with van der Waals surface area (Å²) in [5.74, 6) is -0.945. The molecule has 0 fully saturated rings. The Bertz CT molecular complexity index is 1340. The molecule has 0 spiro atoms. The fraction of sp³-hybridized carbons (Fsp3) is 0.625. The summed E-state index contributed by atoms with van der Waals surface area (Å²) in [6.45, 7) is 4.04. The van der Waals surface area contributed by atoms with Gasteiger partial charge in [-0.3, -0.25) is 18.6 Å². The number of phosphoric ester groups is 1. The number of aliphatic hydroxyl groups excluding tert-OH is 1. The van der Waals surface area contributed by atoms with Gasteiger partial charge in [0.2, 0.25) is 0 Å². The maximum atomic E-state index is 12.7. The molecule has 0 rings (SSSR count). The van der Waals surface area contributed by atoms with Gasteiger partial charge in [-0.05, 0) is 77.0 Å². The summed E-state index contributed by atoms with van der Waals surface area (Å²) in [7, 11) is 1.38. The monoisotopic (exact) mass is 847 g/mol. The maximum Gasteiger partial charge on any atom is 0.472 e. The molecular weight excluding hydrogens is 766 g/mol. The van der Waals surface area contributed by atoms with Crippen LogP contribution in [-0.4, -0.2) is 86.1 Å². The summed E-state index contributed by atoms with van der Waals surface area (Å²) >= 11 is 0. The van der Waals surface area contributed by atoms with Crippen molar-refractivity contribution in [3.05, 3.63) is 97.2 Å². The summed E-state index contributed by atoms with van der Waals surface area (Å²) in [6.07, 6.45) is 48.0. The summed E-state index contributed by atoms with van der Waals surface area (Å²) in [4.78, 5) is 35.3. The Morgan fingerprint density at radius 2 is 1.20 bits per heavy atom. The molecule has 2 unspecified atom stereocenters. The molecule has 0 aromatic heterocycles. The lowest BCUT2D eigenvalue weighted by Gasteiger charge is -2.24. The smallest absolute Gasteiger partial charge is 0.462 e. The average molecular weight is 847 g/mol. The van der Waals surface area contributed by atoms with Crippen LogP contribution in [0.2, 0.25) is 0 Å². The van der Waals surface area contributed by atoms with Crippen LogP contribution in [0.15, 0.2) is 97.2 Å². The van der Waals surface area contributed by atoms with E-state index in [0.717, 1.165) is 64.2 Å². The zero-order chi connectivity index (χ0) is 43.7. The predicted molar refractivity (Wildman–Crippen MR) is 244 cm³/mol. The number of esters is 2. The van der Waals surface area contributed by atoms with E-state index in [1.54, 1.807) is 6.08 Å². The highest BCUT2D eigenvalue weighted by Crippen LogP contribution is 2.43. The molecule has 0 bridgehead atoms. The highest BCUT2D eigenvalue weighted by Gasteiger charge is 2.27. The van der Waals surface area contributed by atoms with Gasteiger partial charge in [-0.25, -0.2) is 4.57 Å². The van der Waals surface area contributed by atoms with E-state index in [0.29, 0.717) is 30.3 Å². The lowest BCUT2D eigenvalue weighted by molar-refractivity contribution is -0.870. The number of unbranched alkanes of at least 4 members (excludes halogenated alkanes) is 8. The average Bonchev–Trinajstić information content (AvgIpc) is 3.18. The number of ether oxygens (including phenoxy) is 2. The lowest BCUT2D eigenvalue weighted by Crippen LogP contribution is -2.37. The van der Waals surface area contributed by atoms with Crippen LogP contribution in [0.1, 0.15) is 136 Å². The molecule has 0 aromatic carbocycles. The molecule has 0 aliphatic rings. The molecule has 2 N–H and O–H groups in total. The van der Waals surface area contributed by atoms with Crippen molar-refractivity contribution in [3.8, 4) is 0 Å². The second-order valence-corrected chi connectivity index (χ2v) is 17.0. The number of hydrogen-bond acceptors (Lipinski definition) is 8.